The van der Waals surface area contributed by atoms with Gasteiger partial charge in [-0.15, -0.1) is 0 Å². The van der Waals surface area contributed by atoms with Crippen LogP contribution in [0.25, 0.3) is 11.5 Å². The van der Waals surface area contributed by atoms with Crippen LogP contribution in [0.5, 0.6) is 0 Å². The average molecular weight is 284 g/mol. The van der Waals surface area contributed by atoms with Crippen molar-refractivity contribution in [3.8, 4) is 11.5 Å². The van der Waals surface area contributed by atoms with E-state index in [1.807, 2.05) is 39.0 Å². The van der Waals surface area contributed by atoms with E-state index >= 15 is 0 Å². The fourth-order valence-electron chi connectivity index (χ4n) is 2.06. The lowest BCUT2D eigenvalue weighted by Crippen LogP contribution is -2.23. The maximum absolute atomic E-state index is 11.6. The van der Waals surface area contributed by atoms with Crippen molar-refractivity contribution in [2.75, 3.05) is 6.54 Å². The van der Waals surface area contributed by atoms with Gasteiger partial charge >= 0.3 is 0 Å². The summed E-state index contributed by atoms with van der Waals surface area (Å²) >= 11 is 0. The van der Waals surface area contributed by atoms with E-state index < -0.39 is 0 Å². The van der Waals surface area contributed by atoms with E-state index in [1.54, 1.807) is 6.20 Å². The molecule has 0 saturated carbocycles. The molecule has 5 heteroatoms. The van der Waals surface area contributed by atoms with Crippen LogP contribution in [0, 0.1) is 13.8 Å². The first-order chi connectivity index (χ1) is 10.1. The predicted molar refractivity (Wildman–Crippen MR) is 81.7 cm³/mol. The van der Waals surface area contributed by atoms with Crippen molar-refractivity contribution in [3.63, 3.8) is 0 Å². The first-order valence-electron chi connectivity index (χ1n) is 7.14. The maximum atomic E-state index is 11.6. The SMILES string of the molecule is CCNC(=O)CCc1nc(-c2ccccn2)nc(C)c1C. The predicted octanol–water partition coefficient (Wildman–Crippen LogP) is 2.22. The lowest BCUT2D eigenvalue weighted by Gasteiger charge is -2.10. The molecule has 21 heavy (non-hydrogen) atoms. The van der Waals surface area contributed by atoms with E-state index in [-0.39, 0.29) is 5.91 Å². The summed E-state index contributed by atoms with van der Waals surface area (Å²) in [6, 6.07) is 5.66. The van der Waals surface area contributed by atoms with Gasteiger partial charge in [0.1, 0.15) is 5.69 Å². The number of nitrogens with zero attached hydrogens (tertiary/aromatic N) is 3. The van der Waals surface area contributed by atoms with Crippen molar-refractivity contribution in [2.45, 2.75) is 33.6 Å². The molecule has 5 nitrogen and oxygen atoms in total. The Balaban J connectivity index is 2.25. The summed E-state index contributed by atoms with van der Waals surface area (Å²) in [5.74, 6) is 0.664. The third kappa shape index (κ3) is 3.84. The van der Waals surface area contributed by atoms with Crippen LogP contribution in [-0.2, 0) is 11.2 Å². The largest absolute Gasteiger partial charge is 0.356 e. The van der Waals surface area contributed by atoms with Gasteiger partial charge in [-0.3, -0.25) is 9.78 Å². The van der Waals surface area contributed by atoms with Crippen molar-refractivity contribution in [2.24, 2.45) is 0 Å². The molecule has 0 saturated heterocycles. The van der Waals surface area contributed by atoms with Gasteiger partial charge in [0.25, 0.3) is 0 Å². The van der Waals surface area contributed by atoms with Gasteiger partial charge in [-0.2, -0.15) is 0 Å². The van der Waals surface area contributed by atoms with Gasteiger partial charge in [-0.25, -0.2) is 9.97 Å². The molecule has 0 aliphatic rings. The Kier molecular flexibility index (Phi) is 4.98. The smallest absolute Gasteiger partial charge is 0.220 e. The minimum absolute atomic E-state index is 0.0487. The number of aromatic nitrogens is 3. The molecule has 0 spiro atoms. The van der Waals surface area contributed by atoms with E-state index in [1.165, 1.54) is 0 Å². The summed E-state index contributed by atoms with van der Waals surface area (Å²) in [6.07, 6.45) is 2.77. The molecule has 0 unspecified atom stereocenters. The van der Waals surface area contributed by atoms with Gasteiger partial charge in [0, 0.05) is 30.6 Å². The van der Waals surface area contributed by atoms with Gasteiger partial charge < -0.3 is 5.32 Å². The molecule has 1 N–H and O–H groups in total. The first kappa shape index (κ1) is 15.1. The molecule has 0 fully saturated rings. The van der Waals surface area contributed by atoms with Crippen LogP contribution < -0.4 is 5.32 Å². The van der Waals surface area contributed by atoms with Gasteiger partial charge in [0.15, 0.2) is 5.82 Å². The Morgan fingerprint density at radius 2 is 2.05 bits per heavy atom. The molecule has 0 bridgehead atoms. The zero-order valence-corrected chi connectivity index (χ0v) is 12.7. The van der Waals surface area contributed by atoms with E-state index in [2.05, 4.69) is 20.3 Å². The molecule has 2 aromatic heterocycles. The maximum Gasteiger partial charge on any atom is 0.220 e. The average Bonchev–Trinajstić information content (AvgIpc) is 2.50. The van der Waals surface area contributed by atoms with E-state index in [9.17, 15) is 4.79 Å². The Hall–Kier alpha value is -2.30. The second kappa shape index (κ2) is 6.92. The molecule has 0 radical (unpaired) electrons. The Morgan fingerprint density at radius 3 is 2.71 bits per heavy atom. The number of hydrogen-bond donors (Lipinski definition) is 1. The molecule has 0 aromatic carbocycles. The number of rotatable bonds is 5. The first-order valence-corrected chi connectivity index (χ1v) is 7.14. The second-order valence-electron chi connectivity index (χ2n) is 4.87. The molecular formula is C16H20N4O. The number of carbonyl (C=O) groups excluding carboxylic acids is 1. The number of nitrogens with one attached hydrogen (secondary N) is 1. The number of pyridine rings is 1. The van der Waals surface area contributed by atoms with Crippen LogP contribution in [0.3, 0.4) is 0 Å². The molecule has 0 aliphatic heterocycles. The molecule has 0 atom stereocenters. The number of hydrogen-bond acceptors (Lipinski definition) is 4. The molecule has 110 valence electrons. The highest BCUT2D eigenvalue weighted by Crippen LogP contribution is 2.17. The van der Waals surface area contributed by atoms with Crippen molar-refractivity contribution < 1.29 is 4.79 Å². The summed E-state index contributed by atoms with van der Waals surface area (Å²) < 4.78 is 0. The van der Waals surface area contributed by atoms with Crippen LogP contribution in [-0.4, -0.2) is 27.4 Å². The van der Waals surface area contributed by atoms with Crippen molar-refractivity contribution in [3.05, 3.63) is 41.3 Å². The molecule has 2 heterocycles. The van der Waals surface area contributed by atoms with Crippen molar-refractivity contribution >= 4 is 5.91 Å². The Labute approximate surface area is 124 Å². The number of amides is 1. The molecule has 0 aliphatic carbocycles. The molecule has 2 rings (SSSR count). The Morgan fingerprint density at radius 1 is 1.24 bits per heavy atom. The third-order valence-electron chi connectivity index (χ3n) is 3.35. The fourth-order valence-corrected chi connectivity index (χ4v) is 2.06. The minimum Gasteiger partial charge on any atom is -0.356 e. The zero-order valence-electron chi connectivity index (χ0n) is 12.7. The summed E-state index contributed by atoms with van der Waals surface area (Å²) in [5, 5.41) is 2.80. The lowest BCUT2D eigenvalue weighted by atomic mass is 10.1. The molecule has 1 amide bonds. The van der Waals surface area contributed by atoms with Crippen LogP contribution in [0.4, 0.5) is 0 Å². The van der Waals surface area contributed by atoms with Gasteiger partial charge in [-0.1, -0.05) is 6.07 Å². The number of aryl methyl sites for hydroxylation is 2. The highest BCUT2D eigenvalue weighted by Gasteiger charge is 2.11. The molecule has 2 aromatic rings. The van der Waals surface area contributed by atoms with Gasteiger partial charge in [0.05, 0.1) is 0 Å². The lowest BCUT2D eigenvalue weighted by molar-refractivity contribution is -0.120. The normalized spacial score (nSPS) is 10.4. The fraction of sp³-hybridized carbons (Fsp3) is 0.375. The van der Waals surface area contributed by atoms with Crippen LogP contribution in [0.1, 0.15) is 30.3 Å². The zero-order chi connectivity index (χ0) is 15.2. The second-order valence-corrected chi connectivity index (χ2v) is 4.87. The van der Waals surface area contributed by atoms with Crippen LogP contribution >= 0.6 is 0 Å². The van der Waals surface area contributed by atoms with Crippen LogP contribution in [0.15, 0.2) is 24.4 Å². The summed E-state index contributed by atoms with van der Waals surface area (Å²) in [6.45, 7) is 6.51. The van der Waals surface area contributed by atoms with E-state index in [4.69, 9.17) is 0 Å². The number of carbonyl (C=O) groups is 1. The Bertz CT molecular complexity index is 626. The summed E-state index contributed by atoms with van der Waals surface area (Å²) in [7, 11) is 0. The summed E-state index contributed by atoms with van der Waals surface area (Å²) in [4.78, 5) is 25.0. The van der Waals surface area contributed by atoms with Crippen molar-refractivity contribution in [1.82, 2.24) is 20.3 Å². The standard InChI is InChI=1S/C16H20N4O/c1-4-17-15(21)9-8-13-11(2)12(3)19-16(20-13)14-7-5-6-10-18-14/h5-7,10H,4,8-9H2,1-3H3,(H,17,21). The topological polar surface area (TPSA) is 67.8 Å². The van der Waals surface area contributed by atoms with E-state index in [0.29, 0.717) is 25.2 Å². The highest BCUT2D eigenvalue weighted by atomic mass is 16.1. The van der Waals surface area contributed by atoms with Crippen molar-refractivity contribution in [1.29, 1.82) is 0 Å². The highest BCUT2D eigenvalue weighted by molar-refractivity contribution is 5.76. The minimum atomic E-state index is 0.0487. The van der Waals surface area contributed by atoms with E-state index in [0.717, 1.165) is 22.6 Å². The summed E-state index contributed by atoms with van der Waals surface area (Å²) in [5.41, 5.74) is 3.63. The molecular weight excluding hydrogens is 264 g/mol. The monoisotopic (exact) mass is 284 g/mol. The van der Waals surface area contributed by atoms with Gasteiger partial charge in [-0.05, 0) is 44.9 Å². The third-order valence-corrected chi connectivity index (χ3v) is 3.35. The van der Waals surface area contributed by atoms with Crippen LogP contribution in [0.2, 0.25) is 0 Å². The quantitative estimate of drug-likeness (QED) is 0.914. The van der Waals surface area contributed by atoms with Gasteiger partial charge in [0.2, 0.25) is 5.91 Å².